The zero-order valence-corrected chi connectivity index (χ0v) is 23.8. The van der Waals surface area contributed by atoms with Crippen LogP contribution >= 0.6 is 0 Å². The number of fused-ring (bicyclic) bond motifs is 1. The van der Waals surface area contributed by atoms with Gasteiger partial charge in [-0.3, -0.25) is 4.79 Å². The maximum atomic E-state index is 12.4. The van der Waals surface area contributed by atoms with Crippen molar-refractivity contribution >= 4 is 5.97 Å². The lowest BCUT2D eigenvalue weighted by atomic mass is 9.62. The van der Waals surface area contributed by atoms with Crippen LogP contribution in [0.1, 0.15) is 112 Å². The fourth-order valence-electron chi connectivity index (χ4n) is 5.99. The van der Waals surface area contributed by atoms with Crippen molar-refractivity contribution in [2.75, 3.05) is 6.61 Å². The first-order valence-electron chi connectivity index (χ1n) is 14.1. The summed E-state index contributed by atoms with van der Waals surface area (Å²) in [5, 5.41) is 0. The molecule has 1 aromatic heterocycles. The van der Waals surface area contributed by atoms with Gasteiger partial charge in [0.15, 0.2) is 0 Å². The monoisotopic (exact) mass is 514 g/mol. The van der Waals surface area contributed by atoms with Gasteiger partial charge in [-0.2, -0.15) is 0 Å². The lowest BCUT2D eigenvalue weighted by Gasteiger charge is -2.42. The number of ether oxygens (including phenoxy) is 2. The Kier molecular flexibility index (Phi) is 7.15. The molecule has 1 atom stereocenters. The van der Waals surface area contributed by atoms with Gasteiger partial charge >= 0.3 is 5.97 Å². The molecule has 5 rings (SSSR count). The van der Waals surface area contributed by atoms with Gasteiger partial charge in [0.25, 0.3) is 0 Å². The van der Waals surface area contributed by atoms with Crippen LogP contribution in [0.15, 0.2) is 48.8 Å². The average Bonchev–Trinajstić information content (AvgIpc) is 3.64. The van der Waals surface area contributed by atoms with Crippen molar-refractivity contribution in [3.8, 4) is 5.75 Å². The molecule has 202 valence electrons. The zero-order valence-electron chi connectivity index (χ0n) is 23.8. The standard InChI is InChI=1S/C33H42N2O3/c1-7-37-30(36)20-27(31-34-16-17-35(31)6)23-10-12-25(13-11-23)38-21-24-18-28-29(19-26(24)22-8-9-22)33(4,5)15-14-32(28,2)3/h10-13,16-19,22,27H,7-9,14-15,20-21H2,1-6H3/t27-/m0/s1. The number of carbonyl (C=O) groups excluding carboxylic acids is 1. The second-order valence-corrected chi connectivity index (χ2v) is 12.5. The third kappa shape index (κ3) is 5.39. The number of aromatic nitrogens is 2. The van der Waals surface area contributed by atoms with Crippen molar-refractivity contribution in [2.24, 2.45) is 7.05 Å². The molecular formula is C33H42N2O3. The number of esters is 1. The summed E-state index contributed by atoms with van der Waals surface area (Å²) in [6.45, 7) is 12.3. The molecule has 0 saturated heterocycles. The van der Waals surface area contributed by atoms with E-state index in [4.69, 9.17) is 9.47 Å². The Balaban J connectivity index is 1.38. The summed E-state index contributed by atoms with van der Waals surface area (Å²) >= 11 is 0. The van der Waals surface area contributed by atoms with E-state index in [0.29, 0.717) is 19.1 Å². The summed E-state index contributed by atoms with van der Waals surface area (Å²) in [5.74, 6) is 1.97. The maximum Gasteiger partial charge on any atom is 0.306 e. The van der Waals surface area contributed by atoms with Crippen LogP contribution in [0.2, 0.25) is 0 Å². The first-order valence-corrected chi connectivity index (χ1v) is 14.1. The highest BCUT2D eigenvalue weighted by molar-refractivity contribution is 5.71. The fraction of sp³-hybridized carbons (Fsp3) is 0.515. The van der Waals surface area contributed by atoms with Crippen LogP contribution in [0.4, 0.5) is 0 Å². The molecule has 3 aromatic rings. The Labute approximate surface area is 227 Å². The molecule has 2 aromatic carbocycles. The zero-order chi connectivity index (χ0) is 27.1. The Morgan fingerprint density at radius 1 is 1.05 bits per heavy atom. The molecule has 0 aliphatic heterocycles. The van der Waals surface area contributed by atoms with E-state index in [1.165, 1.54) is 47.9 Å². The predicted octanol–water partition coefficient (Wildman–Crippen LogP) is 7.31. The van der Waals surface area contributed by atoms with E-state index in [9.17, 15) is 4.79 Å². The van der Waals surface area contributed by atoms with Gasteiger partial charge in [0, 0.05) is 19.4 Å². The molecule has 0 bridgehead atoms. The van der Waals surface area contributed by atoms with Crippen molar-refractivity contribution in [2.45, 2.75) is 96.0 Å². The second-order valence-electron chi connectivity index (χ2n) is 12.5. The lowest BCUT2D eigenvalue weighted by Crippen LogP contribution is -2.34. The maximum absolute atomic E-state index is 12.4. The Hall–Kier alpha value is -3.08. The van der Waals surface area contributed by atoms with Gasteiger partial charge in [-0.05, 0) is 89.3 Å². The highest BCUT2D eigenvalue weighted by Gasteiger charge is 2.39. The van der Waals surface area contributed by atoms with Gasteiger partial charge < -0.3 is 14.0 Å². The van der Waals surface area contributed by atoms with E-state index in [1.54, 1.807) is 6.20 Å². The average molecular weight is 515 g/mol. The van der Waals surface area contributed by atoms with Gasteiger partial charge in [-0.1, -0.05) is 52.0 Å². The molecule has 1 fully saturated rings. The summed E-state index contributed by atoms with van der Waals surface area (Å²) in [6, 6.07) is 13.1. The highest BCUT2D eigenvalue weighted by Crippen LogP contribution is 2.50. The largest absolute Gasteiger partial charge is 0.489 e. The fourth-order valence-corrected chi connectivity index (χ4v) is 5.99. The number of aryl methyl sites for hydroxylation is 1. The predicted molar refractivity (Wildman–Crippen MR) is 151 cm³/mol. The van der Waals surface area contributed by atoms with E-state index in [1.807, 2.05) is 49.0 Å². The van der Waals surface area contributed by atoms with Crippen molar-refractivity contribution in [3.63, 3.8) is 0 Å². The summed E-state index contributed by atoms with van der Waals surface area (Å²) < 4.78 is 13.6. The van der Waals surface area contributed by atoms with Crippen molar-refractivity contribution in [1.29, 1.82) is 0 Å². The number of hydrogen-bond acceptors (Lipinski definition) is 4. The molecule has 0 amide bonds. The molecular weight excluding hydrogens is 472 g/mol. The Morgan fingerprint density at radius 3 is 2.29 bits per heavy atom. The smallest absolute Gasteiger partial charge is 0.306 e. The molecule has 1 heterocycles. The van der Waals surface area contributed by atoms with Crippen LogP contribution in [0, 0.1) is 0 Å². The number of nitrogens with zero attached hydrogens (tertiary/aromatic N) is 2. The Bertz CT molecular complexity index is 1300. The van der Waals surface area contributed by atoms with Crippen LogP contribution < -0.4 is 4.74 Å². The third-order valence-corrected chi connectivity index (χ3v) is 8.65. The third-order valence-electron chi connectivity index (χ3n) is 8.65. The van der Waals surface area contributed by atoms with Crippen molar-refractivity contribution in [3.05, 3.63) is 82.4 Å². The summed E-state index contributed by atoms with van der Waals surface area (Å²) in [5.41, 5.74) is 7.26. The summed E-state index contributed by atoms with van der Waals surface area (Å²) in [4.78, 5) is 16.9. The molecule has 0 N–H and O–H groups in total. The van der Waals surface area contributed by atoms with Crippen LogP contribution in [-0.2, 0) is 34.0 Å². The van der Waals surface area contributed by atoms with Gasteiger partial charge in [-0.15, -0.1) is 0 Å². The molecule has 0 spiro atoms. The van der Waals surface area contributed by atoms with Crippen LogP contribution in [0.25, 0.3) is 0 Å². The molecule has 0 unspecified atom stereocenters. The highest BCUT2D eigenvalue weighted by atomic mass is 16.5. The molecule has 5 nitrogen and oxygen atoms in total. The number of hydrogen-bond donors (Lipinski definition) is 0. The minimum absolute atomic E-state index is 0.171. The van der Waals surface area contributed by atoms with E-state index in [2.05, 4.69) is 44.8 Å². The van der Waals surface area contributed by atoms with Crippen LogP contribution in [0.3, 0.4) is 0 Å². The number of benzene rings is 2. The SMILES string of the molecule is CCOC(=O)C[C@@H](c1ccc(OCc2cc3c(cc2C2CC2)C(C)(C)CCC3(C)C)cc1)c1nccn1C. The van der Waals surface area contributed by atoms with Crippen LogP contribution in [-0.4, -0.2) is 22.1 Å². The van der Waals surface area contributed by atoms with Crippen LogP contribution in [0.5, 0.6) is 5.75 Å². The molecule has 38 heavy (non-hydrogen) atoms. The van der Waals surface area contributed by atoms with Gasteiger partial charge in [0.1, 0.15) is 18.2 Å². The normalized spacial score (nSPS) is 18.5. The first kappa shape index (κ1) is 26.5. The lowest BCUT2D eigenvalue weighted by molar-refractivity contribution is -0.143. The number of carbonyl (C=O) groups is 1. The summed E-state index contributed by atoms with van der Waals surface area (Å²) in [7, 11) is 1.95. The molecule has 0 radical (unpaired) electrons. The van der Waals surface area contributed by atoms with E-state index >= 15 is 0 Å². The van der Waals surface area contributed by atoms with Gasteiger partial charge in [-0.25, -0.2) is 4.98 Å². The molecule has 2 aliphatic carbocycles. The van der Waals surface area contributed by atoms with E-state index in [-0.39, 0.29) is 29.1 Å². The van der Waals surface area contributed by atoms with E-state index in [0.717, 1.165) is 17.1 Å². The van der Waals surface area contributed by atoms with Gasteiger partial charge in [0.05, 0.1) is 18.9 Å². The topological polar surface area (TPSA) is 53.4 Å². The molecule has 2 aliphatic rings. The van der Waals surface area contributed by atoms with Crippen molar-refractivity contribution < 1.29 is 14.3 Å². The van der Waals surface area contributed by atoms with E-state index < -0.39 is 0 Å². The quantitative estimate of drug-likeness (QED) is 0.281. The first-order chi connectivity index (χ1) is 18.1. The van der Waals surface area contributed by atoms with Gasteiger partial charge in [0.2, 0.25) is 0 Å². The minimum Gasteiger partial charge on any atom is -0.489 e. The Morgan fingerprint density at radius 2 is 1.71 bits per heavy atom. The summed E-state index contributed by atoms with van der Waals surface area (Å²) in [6.07, 6.45) is 8.92. The van der Waals surface area contributed by atoms with Crippen molar-refractivity contribution in [1.82, 2.24) is 9.55 Å². The number of imidazole rings is 1. The molecule has 1 saturated carbocycles. The minimum atomic E-state index is -0.216. The number of rotatable bonds is 9. The molecule has 5 heteroatoms. The second kappa shape index (κ2) is 10.2.